The van der Waals surface area contributed by atoms with Gasteiger partial charge in [-0.25, -0.2) is 4.79 Å². The fourth-order valence-electron chi connectivity index (χ4n) is 2.39. The Kier molecular flexibility index (Phi) is 8.48. The van der Waals surface area contributed by atoms with Crippen molar-refractivity contribution in [3.63, 3.8) is 0 Å². The van der Waals surface area contributed by atoms with Crippen LogP contribution in [0.15, 0.2) is 54.6 Å². The highest BCUT2D eigenvalue weighted by molar-refractivity contribution is 5.92. The molecule has 0 atom stereocenters. The van der Waals surface area contributed by atoms with Crippen molar-refractivity contribution in [2.75, 3.05) is 6.61 Å². The first-order valence-corrected chi connectivity index (χ1v) is 9.19. The lowest BCUT2D eigenvalue weighted by Crippen LogP contribution is -2.08. The quantitative estimate of drug-likeness (QED) is 0.253. The second kappa shape index (κ2) is 11.3. The van der Waals surface area contributed by atoms with Crippen LogP contribution in [0.1, 0.15) is 48.5 Å². The van der Waals surface area contributed by atoms with Crippen LogP contribution in [0.3, 0.4) is 0 Å². The summed E-state index contributed by atoms with van der Waals surface area (Å²) in [6.07, 6.45) is 6.50. The number of ether oxygens (including phenoxy) is 2. The summed E-state index contributed by atoms with van der Waals surface area (Å²) < 4.78 is 11.0. The molecule has 0 aromatic heterocycles. The minimum absolute atomic E-state index is 0.0260. The van der Waals surface area contributed by atoms with Gasteiger partial charge in [-0.2, -0.15) is 5.26 Å². The molecule has 0 spiro atoms. The second-order valence-electron chi connectivity index (χ2n) is 6.24. The summed E-state index contributed by atoms with van der Waals surface area (Å²) in [5.41, 5.74) is 1.28. The van der Waals surface area contributed by atoms with Gasteiger partial charge in [0.05, 0.1) is 18.2 Å². The summed E-state index contributed by atoms with van der Waals surface area (Å²) in [5, 5.41) is 8.48. The Labute approximate surface area is 165 Å². The molecule has 0 saturated heterocycles. The molecular formula is C23H23NO4. The van der Waals surface area contributed by atoms with E-state index in [0.29, 0.717) is 30.1 Å². The van der Waals surface area contributed by atoms with Gasteiger partial charge in [0.2, 0.25) is 0 Å². The van der Waals surface area contributed by atoms with Gasteiger partial charge in [-0.15, -0.1) is 0 Å². The van der Waals surface area contributed by atoms with Gasteiger partial charge in [-0.3, -0.25) is 4.79 Å². The maximum atomic E-state index is 12.2. The molecule has 0 unspecified atom stereocenters. The van der Waals surface area contributed by atoms with E-state index in [1.165, 1.54) is 13.0 Å². The van der Waals surface area contributed by atoms with Crippen LogP contribution in [0.4, 0.5) is 0 Å². The number of nitriles is 1. The molecule has 0 N–H and O–H groups in total. The Morgan fingerprint density at radius 2 is 1.64 bits per heavy atom. The van der Waals surface area contributed by atoms with Crippen molar-refractivity contribution in [3.05, 3.63) is 65.7 Å². The predicted octanol–water partition coefficient (Wildman–Crippen LogP) is 4.97. The standard InChI is InChI=1S/C23H23NO4/c1-18(25)6-7-19-8-12-22(13-9-19)28-23(26)20-10-14-21(15-11-20)27-17-5-3-2-4-16-24/h6-15H,2-5,17H2,1H3/b7-6+. The third kappa shape index (κ3) is 7.46. The molecule has 2 aromatic rings. The fourth-order valence-corrected chi connectivity index (χ4v) is 2.39. The first-order chi connectivity index (χ1) is 13.6. The zero-order chi connectivity index (χ0) is 20.2. The minimum atomic E-state index is -0.449. The van der Waals surface area contributed by atoms with Crippen LogP contribution in [0.25, 0.3) is 6.08 Å². The van der Waals surface area contributed by atoms with E-state index in [0.717, 1.165) is 24.8 Å². The Balaban J connectivity index is 1.82. The van der Waals surface area contributed by atoms with Gasteiger partial charge < -0.3 is 9.47 Å². The van der Waals surface area contributed by atoms with Crippen molar-refractivity contribution < 1.29 is 19.1 Å². The summed E-state index contributed by atoms with van der Waals surface area (Å²) in [6.45, 7) is 2.07. The molecule has 0 saturated carbocycles. The molecule has 144 valence electrons. The number of hydrogen-bond donors (Lipinski definition) is 0. The monoisotopic (exact) mass is 377 g/mol. The summed E-state index contributed by atoms with van der Waals surface area (Å²) in [5.74, 6) is 0.651. The number of rotatable bonds is 10. The van der Waals surface area contributed by atoms with Crippen LogP contribution in [0, 0.1) is 11.3 Å². The summed E-state index contributed by atoms with van der Waals surface area (Å²) in [6, 6.07) is 15.8. The number of allylic oxidation sites excluding steroid dienone is 1. The highest BCUT2D eigenvalue weighted by Gasteiger charge is 2.08. The number of esters is 1. The van der Waals surface area contributed by atoms with Crippen LogP contribution in [0.2, 0.25) is 0 Å². The van der Waals surface area contributed by atoms with Crippen LogP contribution < -0.4 is 9.47 Å². The molecule has 5 heteroatoms. The average molecular weight is 377 g/mol. The van der Waals surface area contributed by atoms with Gasteiger partial charge in [0.1, 0.15) is 11.5 Å². The molecule has 0 fully saturated rings. The largest absolute Gasteiger partial charge is 0.494 e. The summed E-state index contributed by atoms with van der Waals surface area (Å²) >= 11 is 0. The second-order valence-corrected chi connectivity index (χ2v) is 6.24. The number of nitrogens with zero attached hydrogens (tertiary/aromatic N) is 1. The van der Waals surface area contributed by atoms with E-state index in [1.807, 2.05) is 0 Å². The number of carbonyl (C=O) groups excluding carboxylic acids is 2. The molecule has 0 aliphatic heterocycles. The molecule has 0 aliphatic carbocycles. The smallest absolute Gasteiger partial charge is 0.343 e. The van der Waals surface area contributed by atoms with E-state index >= 15 is 0 Å². The van der Waals surface area contributed by atoms with E-state index in [1.54, 1.807) is 54.6 Å². The van der Waals surface area contributed by atoms with Crippen LogP contribution >= 0.6 is 0 Å². The summed E-state index contributed by atoms with van der Waals surface area (Å²) in [7, 11) is 0. The van der Waals surface area contributed by atoms with Crippen molar-refractivity contribution in [2.24, 2.45) is 0 Å². The van der Waals surface area contributed by atoms with Crippen molar-refractivity contribution in [1.82, 2.24) is 0 Å². The zero-order valence-corrected chi connectivity index (χ0v) is 15.9. The average Bonchev–Trinajstić information content (AvgIpc) is 2.70. The van der Waals surface area contributed by atoms with E-state index in [2.05, 4.69) is 6.07 Å². The first-order valence-electron chi connectivity index (χ1n) is 9.19. The van der Waals surface area contributed by atoms with Crippen molar-refractivity contribution in [1.29, 1.82) is 5.26 Å². The van der Waals surface area contributed by atoms with Crippen LogP contribution in [0.5, 0.6) is 11.5 Å². The van der Waals surface area contributed by atoms with E-state index in [-0.39, 0.29) is 5.78 Å². The zero-order valence-electron chi connectivity index (χ0n) is 15.9. The summed E-state index contributed by atoms with van der Waals surface area (Å²) in [4.78, 5) is 23.2. The molecule has 2 rings (SSSR count). The molecule has 0 amide bonds. The Bertz CT molecular complexity index is 846. The molecule has 0 bridgehead atoms. The van der Waals surface area contributed by atoms with Gasteiger partial charge in [-0.05, 0) is 74.2 Å². The van der Waals surface area contributed by atoms with Crippen molar-refractivity contribution >= 4 is 17.8 Å². The lowest BCUT2D eigenvalue weighted by molar-refractivity contribution is -0.112. The Hall–Kier alpha value is -3.39. The maximum absolute atomic E-state index is 12.2. The van der Waals surface area contributed by atoms with Crippen LogP contribution in [-0.2, 0) is 4.79 Å². The molecule has 2 aromatic carbocycles. The third-order valence-corrected chi connectivity index (χ3v) is 3.89. The number of hydrogen-bond acceptors (Lipinski definition) is 5. The highest BCUT2D eigenvalue weighted by atomic mass is 16.5. The van der Waals surface area contributed by atoms with Gasteiger partial charge in [0, 0.05) is 6.42 Å². The van der Waals surface area contributed by atoms with Crippen molar-refractivity contribution in [2.45, 2.75) is 32.6 Å². The highest BCUT2D eigenvalue weighted by Crippen LogP contribution is 2.17. The number of benzene rings is 2. The van der Waals surface area contributed by atoms with Crippen molar-refractivity contribution in [3.8, 4) is 17.6 Å². The van der Waals surface area contributed by atoms with Gasteiger partial charge in [0.15, 0.2) is 5.78 Å². The van der Waals surface area contributed by atoms with Gasteiger partial charge >= 0.3 is 5.97 Å². The molecule has 0 heterocycles. The third-order valence-electron chi connectivity index (χ3n) is 3.89. The first kappa shape index (κ1) is 20.9. The number of unbranched alkanes of at least 4 members (excludes halogenated alkanes) is 3. The van der Waals surface area contributed by atoms with Gasteiger partial charge in [-0.1, -0.05) is 18.2 Å². The van der Waals surface area contributed by atoms with Gasteiger partial charge in [0.25, 0.3) is 0 Å². The Morgan fingerprint density at radius 3 is 2.29 bits per heavy atom. The van der Waals surface area contributed by atoms with E-state index < -0.39 is 5.97 Å². The normalized spacial score (nSPS) is 10.4. The SMILES string of the molecule is CC(=O)/C=C/c1ccc(OC(=O)c2ccc(OCCCCCC#N)cc2)cc1. The topological polar surface area (TPSA) is 76.4 Å². The minimum Gasteiger partial charge on any atom is -0.494 e. The van der Waals surface area contributed by atoms with E-state index in [9.17, 15) is 9.59 Å². The fraction of sp³-hybridized carbons (Fsp3) is 0.261. The number of ketones is 1. The number of carbonyl (C=O) groups is 2. The predicted molar refractivity (Wildman–Crippen MR) is 107 cm³/mol. The molecular weight excluding hydrogens is 354 g/mol. The molecule has 0 radical (unpaired) electrons. The maximum Gasteiger partial charge on any atom is 0.343 e. The lowest BCUT2D eigenvalue weighted by atomic mass is 10.2. The molecule has 28 heavy (non-hydrogen) atoms. The molecule has 5 nitrogen and oxygen atoms in total. The van der Waals surface area contributed by atoms with E-state index in [4.69, 9.17) is 14.7 Å². The Morgan fingerprint density at radius 1 is 0.964 bits per heavy atom. The molecule has 0 aliphatic rings. The lowest BCUT2D eigenvalue weighted by Gasteiger charge is -2.07. The van der Waals surface area contributed by atoms with Crippen LogP contribution in [-0.4, -0.2) is 18.4 Å².